The Labute approximate surface area is 114 Å². The van der Waals surface area contributed by atoms with Crippen LogP contribution in [0.3, 0.4) is 0 Å². The second-order valence-corrected chi connectivity index (χ2v) is 4.67. The van der Waals surface area contributed by atoms with Crippen LogP contribution in [-0.4, -0.2) is 10.1 Å². The van der Waals surface area contributed by atoms with Crippen LogP contribution in [0.2, 0.25) is 15.2 Å². The third-order valence-electron chi connectivity index (χ3n) is 2.41. The van der Waals surface area contributed by atoms with E-state index in [1.807, 2.05) is 6.92 Å². The number of phenols is 1. The van der Waals surface area contributed by atoms with E-state index in [0.717, 1.165) is 11.1 Å². The highest BCUT2D eigenvalue weighted by atomic mass is 35.5. The summed E-state index contributed by atoms with van der Waals surface area (Å²) >= 11 is 17.9. The predicted octanol–water partition coefficient (Wildman–Crippen LogP) is 4.72. The van der Waals surface area contributed by atoms with Gasteiger partial charge in [-0.3, -0.25) is 0 Å². The van der Waals surface area contributed by atoms with Crippen molar-refractivity contribution in [2.24, 2.45) is 0 Å². The van der Waals surface area contributed by atoms with E-state index in [1.165, 1.54) is 0 Å². The van der Waals surface area contributed by atoms with E-state index in [0.29, 0.717) is 10.7 Å². The Balaban J connectivity index is 2.64. The highest BCUT2D eigenvalue weighted by molar-refractivity contribution is 6.48. The van der Waals surface area contributed by atoms with Crippen molar-refractivity contribution in [3.8, 4) is 17.0 Å². The van der Waals surface area contributed by atoms with Crippen LogP contribution >= 0.6 is 34.8 Å². The molecule has 0 saturated carbocycles. The summed E-state index contributed by atoms with van der Waals surface area (Å²) in [6.07, 6.45) is 0. The van der Waals surface area contributed by atoms with Gasteiger partial charge >= 0.3 is 0 Å². The Bertz CT molecular complexity index is 567. The molecule has 0 radical (unpaired) electrons. The Hall–Kier alpha value is -0.960. The van der Waals surface area contributed by atoms with Gasteiger partial charge in [-0.15, -0.1) is 0 Å². The van der Waals surface area contributed by atoms with E-state index in [1.54, 1.807) is 24.3 Å². The van der Waals surface area contributed by atoms with Crippen LogP contribution < -0.4 is 0 Å². The molecule has 17 heavy (non-hydrogen) atoms. The average molecular weight is 289 g/mol. The molecule has 0 unspecified atom stereocenters. The van der Waals surface area contributed by atoms with E-state index in [4.69, 9.17) is 34.8 Å². The molecule has 0 aliphatic heterocycles. The lowest BCUT2D eigenvalue weighted by Crippen LogP contribution is -1.91. The first-order chi connectivity index (χ1) is 8.00. The van der Waals surface area contributed by atoms with Crippen LogP contribution in [0, 0.1) is 6.92 Å². The minimum atomic E-state index is 0.172. The zero-order valence-corrected chi connectivity index (χ0v) is 11.1. The van der Waals surface area contributed by atoms with E-state index in [9.17, 15) is 5.11 Å². The first-order valence-corrected chi connectivity index (χ1v) is 5.94. The smallest absolute Gasteiger partial charge is 0.149 e. The van der Waals surface area contributed by atoms with E-state index in [2.05, 4.69) is 4.98 Å². The quantitative estimate of drug-likeness (QED) is 0.770. The van der Waals surface area contributed by atoms with E-state index >= 15 is 0 Å². The van der Waals surface area contributed by atoms with Crippen molar-refractivity contribution in [3.63, 3.8) is 0 Å². The predicted molar refractivity (Wildman–Crippen MR) is 71.1 cm³/mol. The summed E-state index contributed by atoms with van der Waals surface area (Å²) in [4.78, 5) is 4.20. The third kappa shape index (κ3) is 2.34. The zero-order valence-electron chi connectivity index (χ0n) is 8.84. The number of pyridine rings is 1. The largest absolute Gasteiger partial charge is 0.508 e. The van der Waals surface area contributed by atoms with Crippen molar-refractivity contribution in [3.05, 3.63) is 45.0 Å². The number of benzene rings is 1. The van der Waals surface area contributed by atoms with Crippen molar-refractivity contribution >= 4 is 34.8 Å². The summed E-state index contributed by atoms with van der Waals surface area (Å²) in [5.74, 6) is 0.192. The Kier molecular flexibility index (Phi) is 3.48. The molecule has 2 aromatic rings. The van der Waals surface area contributed by atoms with Gasteiger partial charge in [0.2, 0.25) is 0 Å². The summed E-state index contributed by atoms with van der Waals surface area (Å²) in [5.41, 5.74) is 2.23. The molecule has 1 N–H and O–H groups in total. The molecule has 1 aromatic heterocycles. The Morgan fingerprint density at radius 2 is 1.59 bits per heavy atom. The maximum atomic E-state index is 9.23. The molecule has 5 heteroatoms. The number of nitrogens with zero attached hydrogens (tertiary/aromatic N) is 1. The van der Waals surface area contributed by atoms with Crippen molar-refractivity contribution < 1.29 is 5.11 Å². The van der Waals surface area contributed by atoms with Crippen LogP contribution in [0.5, 0.6) is 5.75 Å². The van der Waals surface area contributed by atoms with Gasteiger partial charge in [-0.25, -0.2) is 4.98 Å². The molecule has 0 aliphatic carbocycles. The number of halogens is 3. The van der Waals surface area contributed by atoms with Gasteiger partial charge in [-0.1, -0.05) is 34.8 Å². The molecule has 0 spiro atoms. The summed E-state index contributed by atoms with van der Waals surface area (Å²) in [7, 11) is 0. The lowest BCUT2D eigenvalue weighted by molar-refractivity contribution is 0.475. The van der Waals surface area contributed by atoms with Crippen molar-refractivity contribution in [1.29, 1.82) is 0 Å². The fraction of sp³-hybridized carbons (Fsp3) is 0.0833. The van der Waals surface area contributed by atoms with Crippen LogP contribution in [-0.2, 0) is 0 Å². The maximum Gasteiger partial charge on any atom is 0.149 e. The number of aromatic hydroxyl groups is 1. The molecule has 0 fully saturated rings. The first kappa shape index (κ1) is 12.5. The van der Waals surface area contributed by atoms with Gasteiger partial charge in [0.25, 0.3) is 0 Å². The Morgan fingerprint density at radius 1 is 1.00 bits per heavy atom. The minimum Gasteiger partial charge on any atom is -0.508 e. The monoisotopic (exact) mass is 287 g/mol. The molecule has 1 aromatic carbocycles. The SMILES string of the molecule is Cc1c(-c2ccc(O)cc2)nc(Cl)c(Cl)c1Cl. The molecule has 2 nitrogen and oxygen atoms in total. The van der Waals surface area contributed by atoms with Gasteiger partial charge in [-0.2, -0.15) is 0 Å². The van der Waals surface area contributed by atoms with Crippen LogP contribution in [0.15, 0.2) is 24.3 Å². The average Bonchev–Trinajstić information content (AvgIpc) is 2.32. The molecular formula is C12H8Cl3NO. The van der Waals surface area contributed by atoms with Gasteiger partial charge in [0.15, 0.2) is 0 Å². The molecule has 88 valence electrons. The fourth-order valence-corrected chi connectivity index (χ4v) is 2.08. The molecule has 1 heterocycles. The molecule has 0 aliphatic rings. The van der Waals surface area contributed by atoms with E-state index < -0.39 is 0 Å². The van der Waals surface area contributed by atoms with E-state index in [-0.39, 0.29) is 15.9 Å². The molecular weight excluding hydrogens is 280 g/mol. The first-order valence-electron chi connectivity index (χ1n) is 4.81. The third-order valence-corrected chi connectivity index (χ3v) is 3.72. The summed E-state index contributed by atoms with van der Waals surface area (Å²) in [6, 6.07) is 6.64. The molecule has 2 rings (SSSR count). The van der Waals surface area contributed by atoms with Gasteiger partial charge in [0.1, 0.15) is 10.9 Å². The summed E-state index contributed by atoms with van der Waals surface area (Å²) in [6.45, 7) is 1.82. The van der Waals surface area contributed by atoms with Crippen molar-refractivity contribution in [2.75, 3.05) is 0 Å². The lowest BCUT2D eigenvalue weighted by atomic mass is 10.1. The van der Waals surface area contributed by atoms with Gasteiger partial charge < -0.3 is 5.11 Å². The highest BCUT2D eigenvalue weighted by Crippen LogP contribution is 2.36. The summed E-state index contributed by atoms with van der Waals surface area (Å²) < 4.78 is 0. The van der Waals surface area contributed by atoms with Crippen molar-refractivity contribution in [1.82, 2.24) is 4.98 Å². The minimum absolute atomic E-state index is 0.172. The van der Waals surface area contributed by atoms with Gasteiger partial charge in [0.05, 0.1) is 15.7 Å². The second-order valence-electron chi connectivity index (χ2n) is 3.55. The fourth-order valence-electron chi connectivity index (χ4n) is 1.49. The number of phenolic OH excluding ortho intramolecular Hbond substituents is 1. The molecule has 0 saturated heterocycles. The number of hydrogen-bond donors (Lipinski definition) is 1. The molecule has 0 bridgehead atoms. The second kappa shape index (κ2) is 4.73. The number of hydrogen-bond acceptors (Lipinski definition) is 2. The maximum absolute atomic E-state index is 9.23. The van der Waals surface area contributed by atoms with Crippen molar-refractivity contribution in [2.45, 2.75) is 6.92 Å². The van der Waals surface area contributed by atoms with Gasteiger partial charge in [-0.05, 0) is 36.8 Å². The van der Waals surface area contributed by atoms with Crippen LogP contribution in [0.4, 0.5) is 0 Å². The lowest BCUT2D eigenvalue weighted by Gasteiger charge is -2.09. The van der Waals surface area contributed by atoms with Gasteiger partial charge in [0, 0.05) is 5.56 Å². The van der Waals surface area contributed by atoms with Crippen LogP contribution in [0.25, 0.3) is 11.3 Å². The highest BCUT2D eigenvalue weighted by Gasteiger charge is 2.14. The Morgan fingerprint density at radius 3 is 2.18 bits per heavy atom. The van der Waals surface area contributed by atoms with Crippen LogP contribution in [0.1, 0.15) is 5.56 Å². The number of aromatic nitrogens is 1. The molecule has 0 amide bonds. The normalized spacial score (nSPS) is 10.6. The topological polar surface area (TPSA) is 33.1 Å². The summed E-state index contributed by atoms with van der Waals surface area (Å²) in [5, 5.41) is 10.1. The zero-order chi connectivity index (χ0) is 12.6. The standard InChI is InChI=1S/C12H8Cl3NO/c1-6-9(13)10(14)12(15)16-11(6)7-2-4-8(17)5-3-7/h2-5,17H,1H3. The number of rotatable bonds is 1. The molecule has 0 atom stereocenters.